The van der Waals surface area contributed by atoms with Crippen LogP contribution in [0.4, 0.5) is 5.69 Å². The van der Waals surface area contributed by atoms with Gasteiger partial charge in [-0.2, -0.15) is 0 Å². The molecule has 0 saturated heterocycles. The van der Waals surface area contributed by atoms with Gasteiger partial charge in [-0.05, 0) is 39.0 Å². The summed E-state index contributed by atoms with van der Waals surface area (Å²) in [4.78, 5) is 11.4. The molecule has 2 N–H and O–H groups in total. The van der Waals surface area contributed by atoms with Crippen molar-refractivity contribution in [3.8, 4) is 5.75 Å². The van der Waals surface area contributed by atoms with Crippen molar-refractivity contribution in [1.29, 1.82) is 0 Å². The van der Waals surface area contributed by atoms with Crippen LogP contribution >= 0.6 is 0 Å². The van der Waals surface area contributed by atoms with Crippen LogP contribution in [0.3, 0.4) is 0 Å². The van der Waals surface area contributed by atoms with Gasteiger partial charge in [-0.25, -0.2) is 13.1 Å². The molecule has 1 aromatic carbocycles. The average molecular weight is 365 g/mol. The van der Waals surface area contributed by atoms with Gasteiger partial charge >= 0.3 is 0 Å². The van der Waals surface area contributed by atoms with Crippen molar-refractivity contribution in [1.82, 2.24) is 19.5 Å². The zero-order valence-corrected chi connectivity index (χ0v) is 14.9. The number of fused-ring (bicyclic) bond motifs is 1. The number of carbonyl (C=O) groups excluding carboxylic acids is 1. The number of hydrogen-bond donors (Lipinski definition) is 2. The van der Waals surface area contributed by atoms with Crippen LogP contribution in [0.2, 0.25) is 0 Å². The number of nitrogens with one attached hydrogen (secondary N) is 2. The minimum atomic E-state index is -3.82. The van der Waals surface area contributed by atoms with Crippen LogP contribution in [0, 0.1) is 0 Å². The molecule has 0 bridgehead atoms. The molecule has 2 heterocycles. The van der Waals surface area contributed by atoms with Gasteiger partial charge in [0.25, 0.3) is 5.91 Å². The average Bonchev–Trinajstić information content (AvgIpc) is 3.03. The second-order valence-corrected chi connectivity index (χ2v) is 7.74. The Morgan fingerprint density at radius 1 is 1.32 bits per heavy atom. The van der Waals surface area contributed by atoms with Gasteiger partial charge in [0.05, 0.1) is 16.6 Å². The molecule has 0 aliphatic carbocycles. The fraction of sp³-hybridized carbons (Fsp3) is 0.400. The summed E-state index contributed by atoms with van der Waals surface area (Å²) in [5.41, 5.74) is 0.331. The van der Waals surface area contributed by atoms with Crippen LogP contribution in [-0.4, -0.2) is 35.7 Å². The van der Waals surface area contributed by atoms with E-state index in [1.165, 1.54) is 18.2 Å². The van der Waals surface area contributed by atoms with Gasteiger partial charge in [-0.1, -0.05) is 0 Å². The standard InChI is InChI=1S/C15H19N5O4S/c1-9(2)20-8-16-18-15(20)10(3)19-25(22,23)11-4-5-13-12(6-11)17-14(21)7-24-13/h4-6,8-10,19H,7H2,1-3H3,(H,17,21)/t10-/m0/s1. The van der Waals surface area contributed by atoms with Crippen molar-refractivity contribution in [3.63, 3.8) is 0 Å². The van der Waals surface area contributed by atoms with Crippen molar-refractivity contribution in [2.75, 3.05) is 11.9 Å². The largest absolute Gasteiger partial charge is 0.482 e. The normalized spacial score (nSPS) is 15.4. The summed E-state index contributed by atoms with van der Waals surface area (Å²) < 4.78 is 34.9. The number of ether oxygens (including phenoxy) is 1. The fourth-order valence-electron chi connectivity index (χ4n) is 2.54. The van der Waals surface area contributed by atoms with Gasteiger partial charge in [0, 0.05) is 6.04 Å². The molecule has 0 radical (unpaired) electrons. The summed E-state index contributed by atoms with van der Waals surface area (Å²) in [6.45, 7) is 5.53. The highest BCUT2D eigenvalue weighted by molar-refractivity contribution is 7.89. The highest BCUT2D eigenvalue weighted by Gasteiger charge is 2.25. The molecule has 0 unspecified atom stereocenters. The summed E-state index contributed by atoms with van der Waals surface area (Å²) in [7, 11) is -3.82. The zero-order valence-electron chi connectivity index (χ0n) is 14.1. The molecular formula is C15H19N5O4S. The van der Waals surface area contributed by atoms with Crippen LogP contribution in [0.25, 0.3) is 0 Å². The minimum Gasteiger partial charge on any atom is -0.482 e. The minimum absolute atomic E-state index is 0.0273. The van der Waals surface area contributed by atoms with E-state index in [2.05, 4.69) is 20.2 Å². The molecule has 1 atom stereocenters. The van der Waals surface area contributed by atoms with E-state index in [-0.39, 0.29) is 23.5 Å². The van der Waals surface area contributed by atoms with Gasteiger partial charge in [-0.3, -0.25) is 4.79 Å². The SMILES string of the molecule is CC(C)n1cnnc1[C@H](C)NS(=O)(=O)c1ccc2c(c1)NC(=O)CO2. The maximum absolute atomic E-state index is 12.7. The van der Waals surface area contributed by atoms with Crippen LogP contribution in [0.1, 0.15) is 38.7 Å². The Labute approximate surface area is 145 Å². The van der Waals surface area contributed by atoms with Gasteiger partial charge in [0.2, 0.25) is 10.0 Å². The van der Waals surface area contributed by atoms with Gasteiger partial charge in [0.1, 0.15) is 12.1 Å². The molecule has 1 aliphatic rings. The maximum Gasteiger partial charge on any atom is 0.262 e. The number of amides is 1. The molecule has 25 heavy (non-hydrogen) atoms. The fourth-order valence-corrected chi connectivity index (χ4v) is 3.77. The number of benzene rings is 1. The molecule has 2 aromatic rings. The van der Waals surface area contributed by atoms with Crippen LogP contribution in [0.5, 0.6) is 5.75 Å². The second kappa shape index (κ2) is 6.45. The van der Waals surface area contributed by atoms with Gasteiger partial charge < -0.3 is 14.6 Å². The van der Waals surface area contributed by atoms with E-state index in [1.807, 2.05) is 13.8 Å². The lowest BCUT2D eigenvalue weighted by atomic mass is 10.2. The third-order valence-corrected chi connectivity index (χ3v) is 5.31. The van der Waals surface area contributed by atoms with Crippen molar-refractivity contribution >= 4 is 21.6 Å². The number of anilines is 1. The van der Waals surface area contributed by atoms with Crippen LogP contribution in [-0.2, 0) is 14.8 Å². The Kier molecular flexibility index (Phi) is 4.48. The zero-order chi connectivity index (χ0) is 18.2. The molecule has 134 valence electrons. The number of aromatic nitrogens is 3. The van der Waals surface area contributed by atoms with Crippen molar-refractivity contribution in [2.24, 2.45) is 0 Å². The lowest BCUT2D eigenvalue weighted by molar-refractivity contribution is -0.118. The number of rotatable bonds is 5. The third-order valence-electron chi connectivity index (χ3n) is 3.77. The maximum atomic E-state index is 12.7. The Morgan fingerprint density at radius 3 is 2.80 bits per heavy atom. The lowest BCUT2D eigenvalue weighted by Gasteiger charge is -2.20. The number of carbonyl (C=O) groups is 1. The van der Waals surface area contributed by atoms with Crippen molar-refractivity contribution in [3.05, 3.63) is 30.4 Å². The molecular weight excluding hydrogens is 346 g/mol. The van der Waals surface area contributed by atoms with Crippen LogP contribution in [0.15, 0.2) is 29.4 Å². The molecule has 0 saturated carbocycles. The summed E-state index contributed by atoms with van der Waals surface area (Å²) in [6, 6.07) is 3.85. The van der Waals surface area contributed by atoms with Crippen molar-refractivity contribution < 1.29 is 17.9 Å². The molecule has 1 aromatic heterocycles. The molecule has 0 fully saturated rings. The quantitative estimate of drug-likeness (QED) is 0.823. The summed E-state index contributed by atoms with van der Waals surface area (Å²) >= 11 is 0. The Hall–Kier alpha value is -2.46. The first-order valence-corrected chi connectivity index (χ1v) is 9.24. The Morgan fingerprint density at radius 2 is 2.08 bits per heavy atom. The first-order valence-electron chi connectivity index (χ1n) is 7.76. The van der Waals surface area contributed by atoms with E-state index in [9.17, 15) is 13.2 Å². The third kappa shape index (κ3) is 3.49. The van der Waals surface area contributed by atoms with E-state index in [0.717, 1.165) is 0 Å². The molecule has 1 aliphatic heterocycles. The Bertz CT molecular complexity index is 906. The molecule has 9 nitrogen and oxygen atoms in total. The molecule has 0 spiro atoms. The number of hydrogen-bond acceptors (Lipinski definition) is 6. The number of nitrogens with zero attached hydrogens (tertiary/aromatic N) is 3. The molecule has 10 heteroatoms. The lowest BCUT2D eigenvalue weighted by Crippen LogP contribution is -2.30. The van der Waals surface area contributed by atoms with E-state index in [4.69, 9.17) is 4.74 Å². The van der Waals surface area contributed by atoms with Gasteiger partial charge in [-0.15, -0.1) is 10.2 Å². The van der Waals surface area contributed by atoms with E-state index < -0.39 is 16.1 Å². The summed E-state index contributed by atoms with van der Waals surface area (Å²) in [5.74, 6) is 0.632. The highest BCUT2D eigenvalue weighted by atomic mass is 32.2. The molecule has 1 amide bonds. The number of sulfonamides is 1. The van der Waals surface area contributed by atoms with E-state index in [0.29, 0.717) is 17.3 Å². The Balaban J connectivity index is 1.86. The highest BCUT2D eigenvalue weighted by Crippen LogP contribution is 2.30. The first-order chi connectivity index (χ1) is 11.8. The molecule has 3 rings (SSSR count). The summed E-state index contributed by atoms with van der Waals surface area (Å²) in [5, 5.41) is 10.4. The first kappa shape index (κ1) is 17.4. The monoisotopic (exact) mass is 365 g/mol. The topological polar surface area (TPSA) is 115 Å². The van der Waals surface area contributed by atoms with Crippen molar-refractivity contribution in [2.45, 2.75) is 37.8 Å². The van der Waals surface area contributed by atoms with E-state index >= 15 is 0 Å². The summed E-state index contributed by atoms with van der Waals surface area (Å²) in [6.07, 6.45) is 1.57. The second-order valence-electron chi connectivity index (χ2n) is 6.03. The smallest absolute Gasteiger partial charge is 0.262 e. The van der Waals surface area contributed by atoms with Crippen LogP contribution < -0.4 is 14.8 Å². The van der Waals surface area contributed by atoms with E-state index in [1.54, 1.807) is 17.8 Å². The predicted octanol–water partition coefficient (Wildman–Crippen LogP) is 1.23. The predicted molar refractivity (Wildman–Crippen MR) is 89.7 cm³/mol. The van der Waals surface area contributed by atoms with Gasteiger partial charge in [0.15, 0.2) is 12.4 Å².